The normalized spacial score (nSPS) is 10.5. The number of halogens is 2. The standard InChI is InChI=1S/C19H20Cl2N2O5/c1-2-28-16(24)11-23-9-7-13(17(25)19(23)27)18(26)22-8-3-4-12-5-6-14(20)15(21)10-12/h5-7,9-10,25H,2-4,8,11H2,1H3,(H,22,26). The molecule has 28 heavy (non-hydrogen) atoms. The van der Waals surface area contributed by atoms with Gasteiger partial charge >= 0.3 is 5.97 Å². The lowest BCUT2D eigenvalue weighted by Crippen LogP contribution is -2.29. The number of benzene rings is 1. The molecule has 0 aliphatic carbocycles. The van der Waals surface area contributed by atoms with Crippen LogP contribution in [0.1, 0.15) is 29.3 Å². The summed E-state index contributed by atoms with van der Waals surface area (Å²) < 4.78 is 5.74. The number of nitrogens with zero attached hydrogens (tertiary/aromatic N) is 1. The SMILES string of the molecule is CCOC(=O)Cn1ccc(C(=O)NCCCc2ccc(Cl)c(Cl)c2)c(O)c1=O. The van der Waals surface area contributed by atoms with E-state index in [0.717, 1.165) is 10.1 Å². The molecule has 0 atom stereocenters. The number of pyridine rings is 1. The van der Waals surface area contributed by atoms with Crippen LogP contribution in [0.3, 0.4) is 0 Å². The molecule has 150 valence electrons. The summed E-state index contributed by atoms with van der Waals surface area (Å²) in [5, 5.41) is 13.6. The van der Waals surface area contributed by atoms with Crippen molar-refractivity contribution in [2.45, 2.75) is 26.3 Å². The summed E-state index contributed by atoms with van der Waals surface area (Å²) in [6, 6.07) is 6.61. The van der Waals surface area contributed by atoms with E-state index in [0.29, 0.717) is 29.4 Å². The van der Waals surface area contributed by atoms with Crippen LogP contribution in [0.4, 0.5) is 0 Å². The van der Waals surface area contributed by atoms with Crippen LogP contribution in [0, 0.1) is 0 Å². The van der Waals surface area contributed by atoms with Crippen LogP contribution in [0.2, 0.25) is 10.0 Å². The molecule has 7 nitrogen and oxygen atoms in total. The average molecular weight is 427 g/mol. The molecule has 0 aliphatic heterocycles. The van der Waals surface area contributed by atoms with Crippen LogP contribution in [0.25, 0.3) is 0 Å². The van der Waals surface area contributed by atoms with Crippen molar-refractivity contribution >= 4 is 35.1 Å². The van der Waals surface area contributed by atoms with Gasteiger partial charge in [0.1, 0.15) is 6.54 Å². The fourth-order valence-electron chi connectivity index (χ4n) is 2.50. The number of nitrogens with one attached hydrogen (secondary N) is 1. The molecular weight excluding hydrogens is 407 g/mol. The van der Waals surface area contributed by atoms with Crippen LogP contribution in [-0.2, 0) is 22.5 Å². The Hall–Kier alpha value is -2.51. The summed E-state index contributed by atoms with van der Waals surface area (Å²) >= 11 is 11.8. The second kappa shape index (κ2) is 10.1. The van der Waals surface area contributed by atoms with Crippen LogP contribution < -0.4 is 10.9 Å². The predicted molar refractivity (Wildman–Crippen MR) is 106 cm³/mol. The largest absolute Gasteiger partial charge is 0.502 e. The molecular formula is C19H20Cl2N2O5. The van der Waals surface area contributed by atoms with Gasteiger partial charge in [-0.3, -0.25) is 14.4 Å². The van der Waals surface area contributed by atoms with Crippen LogP contribution in [-0.4, -0.2) is 34.7 Å². The Labute approximate surface area is 171 Å². The van der Waals surface area contributed by atoms with Crippen molar-refractivity contribution < 1.29 is 19.4 Å². The van der Waals surface area contributed by atoms with Crippen molar-refractivity contribution in [3.05, 3.63) is 62.0 Å². The summed E-state index contributed by atoms with van der Waals surface area (Å²) in [6.45, 7) is 1.83. The number of ether oxygens (including phenoxy) is 1. The summed E-state index contributed by atoms with van der Waals surface area (Å²) in [7, 11) is 0. The third-order valence-corrected chi connectivity index (χ3v) is 4.64. The molecule has 1 aromatic heterocycles. The minimum atomic E-state index is -0.837. The maximum absolute atomic E-state index is 12.2. The van der Waals surface area contributed by atoms with Gasteiger partial charge < -0.3 is 19.7 Å². The number of hydrogen-bond donors (Lipinski definition) is 2. The Balaban J connectivity index is 1.93. The highest BCUT2D eigenvalue weighted by atomic mass is 35.5. The Kier molecular flexibility index (Phi) is 7.90. The molecule has 0 saturated heterocycles. The van der Waals surface area contributed by atoms with Gasteiger partial charge in [0.05, 0.1) is 22.2 Å². The van der Waals surface area contributed by atoms with E-state index in [9.17, 15) is 19.5 Å². The van der Waals surface area contributed by atoms with E-state index in [-0.39, 0.29) is 18.7 Å². The van der Waals surface area contributed by atoms with Gasteiger partial charge in [0.25, 0.3) is 11.5 Å². The van der Waals surface area contributed by atoms with Gasteiger partial charge in [-0.15, -0.1) is 0 Å². The van der Waals surface area contributed by atoms with Gasteiger partial charge in [-0.05, 0) is 43.5 Å². The third-order valence-electron chi connectivity index (χ3n) is 3.90. The van der Waals surface area contributed by atoms with Gasteiger partial charge in [0.15, 0.2) is 5.75 Å². The molecule has 0 fully saturated rings. The second-order valence-electron chi connectivity index (χ2n) is 5.92. The van der Waals surface area contributed by atoms with E-state index in [1.165, 1.54) is 12.3 Å². The summed E-state index contributed by atoms with van der Waals surface area (Å²) in [5.41, 5.74) is -0.00999. The highest BCUT2D eigenvalue weighted by Crippen LogP contribution is 2.23. The lowest BCUT2D eigenvalue weighted by atomic mass is 10.1. The van der Waals surface area contributed by atoms with Crippen LogP contribution >= 0.6 is 23.2 Å². The Bertz CT molecular complexity index is 927. The molecule has 2 aromatic rings. The first kappa shape index (κ1) is 21.8. The number of carbonyl (C=O) groups is 2. The van der Waals surface area contributed by atoms with Crippen molar-refractivity contribution in [2.75, 3.05) is 13.2 Å². The van der Waals surface area contributed by atoms with E-state index < -0.39 is 23.2 Å². The van der Waals surface area contributed by atoms with E-state index in [1.54, 1.807) is 19.1 Å². The number of carbonyl (C=O) groups excluding carboxylic acids is 2. The Morgan fingerprint density at radius 3 is 2.64 bits per heavy atom. The molecule has 0 radical (unpaired) electrons. The van der Waals surface area contributed by atoms with Gasteiger partial charge in [-0.1, -0.05) is 29.3 Å². The van der Waals surface area contributed by atoms with Crippen LogP contribution in [0.15, 0.2) is 35.3 Å². The number of amides is 1. The van der Waals surface area contributed by atoms with Crippen molar-refractivity contribution in [3.8, 4) is 5.75 Å². The van der Waals surface area contributed by atoms with Crippen molar-refractivity contribution in [1.29, 1.82) is 0 Å². The number of aromatic hydroxyl groups is 1. The van der Waals surface area contributed by atoms with Gasteiger partial charge in [-0.25, -0.2) is 0 Å². The number of rotatable bonds is 8. The second-order valence-corrected chi connectivity index (χ2v) is 6.74. The zero-order chi connectivity index (χ0) is 20.7. The third kappa shape index (κ3) is 5.74. The number of esters is 1. The topological polar surface area (TPSA) is 97.6 Å². The number of aromatic nitrogens is 1. The minimum absolute atomic E-state index is 0.153. The molecule has 2 N–H and O–H groups in total. The van der Waals surface area contributed by atoms with Crippen LogP contribution in [0.5, 0.6) is 5.75 Å². The highest BCUT2D eigenvalue weighted by molar-refractivity contribution is 6.42. The fourth-order valence-corrected chi connectivity index (χ4v) is 2.82. The zero-order valence-electron chi connectivity index (χ0n) is 15.2. The van der Waals surface area contributed by atoms with E-state index in [4.69, 9.17) is 27.9 Å². The molecule has 9 heteroatoms. The molecule has 0 spiro atoms. The Morgan fingerprint density at radius 1 is 1.21 bits per heavy atom. The van der Waals surface area contributed by atoms with Crippen molar-refractivity contribution in [2.24, 2.45) is 0 Å². The number of aryl methyl sites for hydroxylation is 1. The molecule has 1 aromatic carbocycles. The fraction of sp³-hybridized carbons (Fsp3) is 0.316. The highest BCUT2D eigenvalue weighted by Gasteiger charge is 2.16. The van der Waals surface area contributed by atoms with Crippen molar-refractivity contribution in [1.82, 2.24) is 9.88 Å². The molecule has 0 bridgehead atoms. The molecule has 0 aliphatic rings. The maximum Gasteiger partial charge on any atom is 0.326 e. The Morgan fingerprint density at radius 2 is 1.96 bits per heavy atom. The molecule has 2 rings (SSSR count). The monoisotopic (exact) mass is 426 g/mol. The van der Waals surface area contributed by atoms with Crippen molar-refractivity contribution in [3.63, 3.8) is 0 Å². The van der Waals surface area contributed by atoms with E-state index >= 15 is 0 Å². The smallest absolute Gasteiger partial charge is 0.326 e. The lowest BCUT2D eigenvalue weighted by Gasteiger charge is -2.10. The maximum atomic E-state index is 12.2. The minimum Gasteiger partial charge on any atom is -0.502 e. The summed E-state index contributed by atoms with van der Waals surface area (Å²) in [4.78, 5) is 35.8. The lowest BCUT2D eigenvalue weighted by molar-refractivity contribution is -0.143. The molecule has 1 heterocycles. The summed E-state index contributed by atoms with van der Waals surface area (Å²) in [5.74, 6) is -1.90. The van der Waals surface area contributed by atoms with Gasteiger partial charge in [0, 0.05) is 12.7 Å². The number of hydrogen-bond acceptors (Lipinski definition) is 5. The predicted octanol–water partition coefficient (Wildman–Crippen LogP) is 2.79. The first-order valence-electron chi connectivity index (χ1n) is 8.63. The molecule has 0 saturated carbocycles. The first-order chi connectivity index (χ1) is 13.3. The summed E-state index contributed by atoms with van der Waals surface area (Å²) in [6.07, 6.45) is 2.57. The van der Waals surface area contributed by atoms with E-state index in [1.807, 2.05) is 6.07 Å². The molecule has 0 unspecified atom stereocenters. The molecule has 1 amide bonds. The zero-order valence-corrected chi connectivity index (χ0v) is 16.7. The quantitative estimate of drug-likeness (QED) is 0.499. The average Bonchev–Trinajstić information content (AvgIpc) is 2.65. The van der Waals surface area contributed by atoms with Gasteiger partial charge in [0.2, 0.25) is 0 Å². The van der Waals surface area contributed by atoms with Gasteiger partial charge in [-0.2, -0.15) is 0 Å². The first-order valence-corrected chi connectivity index (χ1v) is 9.39. The van der Waals surface area contributed by atoms with E-state index in [2.05, 4.69) is 5.32 Å².